The molecule has 21 heavy (non-hydrogen) atoms. The zero-order valence-electron chi connectivity index (χ0n) is 11.7. The van der Waals surface area contributed by atoms with Gasteiger partial charge in [0.1, 0.15) is 0 Å². The SMILES string of the molecule is NC1CCC[C@@H]1c1cccc(-c2ccncc2C=NI)c1. The molecular formula is C17H18IN3. The third-order valence-corrected chi connectivity index (χ3v) is 4.51. The average molecular weight is 391 g/mol. The minimum absolute atomic E-state index is 0.299. The highest BCUT2D eigenvalue weighted by Crippen LogP contribution is 2.35. The van der Waals surface area contributed by atoms with Gasteiger partial charge in [-0.05, 0) is 41.5 Å². The highest BCUT2D eigenvalue weighted by molar-refractivity contribution is 14.1. The molecule has 2 aromatic rings. The second-order valence-corrected chi connectivity index (χ2v) is 6.07. The predicted molar refractivity (Wildman–Crippen MR) is 95.9 cm³/mol. The Morgan fingerprint density at radius 3 is 2.95 bits per heavy atom. The van der Waals surface area contributed by atoms with Crippen molar-refractivity contribution in [3.63, 3.8) is 0 Å². The highest BCUT2D eigenvalue weighted by atomic mass is 127. The van der Waals surface area contributed by atoms with Crippen LogP contribution < -0.4 is 5.73 Å². The lowest BCUT2D eigenvalue weighted by atomic mass is 9.91. The summed E-state index contributed by atoms with van der Waals surface area (Å²) in [6.07, 6.45) is 9.09. The molecule has 108 valence electrons. The van der Waals surface area contributed by atoms with Gasteiger partial charge >= 0.3 is 0 Å². The molecule has 3 rings (SSSR count). The third-order valence-electron chi connectivity index (χ3n) is 4.23. The van der Waals surface area contributed by atoms with Gasteiger partial charge in [-0.3, -0.25) is 4.98 Å². The molecule has 2 N–H and O–H groups in total. The van der Waals surface area contributed by atoms with Crippen LogP contribution in [0.2, 0.25) is 0 Å². The summed E-state index contributed by atoms with van der Waals surface area (Å²) < 4.78 is 4.09. The Morgan fingerprint density at radius 2 is 2.19 bits per heavy atom. The van der Waals surface area contributed by atoms with E-state index in [1.807, 2.05) is 47.5 Å². The van der Waals surface area contributed by atoms with Crippen LogP contribution in [0, 0.1) is 0 Å². The second kappa shape index (κ2) is 6.66. The molecule has 0 bridgehead atoms. The summed E-state index contributed by atoms with van der Waals surface area (Å²) in [5, 5.41) is 0. The van der Waals surface area contributed by atoms with Crippen LogP contribution in [-0.2, 0) is 0 Å². The molecule has 0 spiro atoms. The molecule has 1 aromatic carbocycles. The summed E-state index contributed by atoms with van der Waals surface area (Å²) in [4.78, 5) is 4.19. The summed E-state index contributed by atoms with van der Waals surface area (Å²) in [7, 11) is 0. The van der Waals surface area contributed by atoms with Gasteiger partial charge in [-0.2, -0.15) is 0 Å². The topological polar surface area (TPSA) is 51.3 Å². The summed E-state index contributed by atoms with van der Waals surface area (Å²) in [5.74, 6) is 0.494. The van der Waals surface area contributed by atoms with Crippen molar-refractivity contribution in [1.29, 1.82) is 0 Å². The molecule has 1 saturated carbocycles. The molecule has 4 heteroatoms. The fraction of sp³-hybridized carbons (Fsp3) is 0.294. The normalized spacial score (nSPS) is 22.0. The molecule has 1 unspecified atom stereocenters. The monoisotopic (exact) mass is 391 g/mol. The van der Waals surface area contributed by atoms with Crippen LogP contribution in [0.4, 0.5) is 0 Å². The van der Waals surface area contributed by atoms with Gasteiger partial charge in [-0.25, -0.2) is 3.21 Å². The maximum absolute atomic E-state index is 6.25. The molecule has 2 atom stereocenters. The summed E-state index contributed by atoms with van der Waals surface area (Å²) in [5.41, 5.74) is 11.0. The van der Waals surface area contributed by atoms with Gasteiger partial charge in [-0.1, -0.05) is 30.7 Å². The van der Waals surface area contributed by atoms with E-state index in [0.29, 0.717) is 12.0 Å². The largest absolute Gasteiger partial charge is 0.327 e. The van der Waals surface area contributed by atoms with Gasteiger partial charge < -0.3 is 5.73 Å². The van der Waals surface area contributed by atoms with E-state index >= 15 is 0 Å². The summed E-state index contributed by atoms with van der Waals surface area (Å²) in [6, 6.07) is 11.1. The van der Waals surface area contributed by atoms with Crippen LogP contribution in [0.5, 0.6) is 0 Å². The standard InChI is InChI=1S/C17H18IN3/c18-21-11-14-10-20-8-7-15(14)12-3-1-4-13(9-12)16-5-2-6-17(16)19/h1,3-4,7-11,16-17H,2,5-6,19H2/t16-,17?/m1/s1. The quantitative estimate of drug-likeness (QED) is 0.633. The van der Waals surface area contributed by atoms with E-state index < -0.39 is 0 Å². The number of hydrogen-bond acceptors (Lipinski definition) is 3. The Hall–Kier alpha value is -1.27. The molecular weight excluding hydrogens is 373 g/mol. The Morgan fingerprint density at radius 1 is 1.29 bits per heavy atom. The van der Waals surface area contributed by atoms with E-state index in [-0.39, 0.29) is 0 Å². The first-order chi connectivity index (χ1) is 10.3. The first-order valence-electron chi connectivity index (χ1n) is 7.24. The number of pyridine rings is 1. The van der Waals surface area contributed by atoms with E-state index in [2.05, 4.69) is 32.5 Å². The lowest BCUT2D eigenvalue weighted by molar-refractivity contribution is 0.613. The van der Waals surface area contributed by atoms with E-state index in [9.17, 15) is 0 Å². The maximum atomic E-state index is 6.25. The van der Waals surface area contributed by atoms with Crippen molar-refractivity contribution in [1.82, 2.24) is 4.98 Å². The van der Waals surface area contributed by atoms with Crippen LogP contribution in [-0.4, -0.2) is 17.2 Å². The number of rotatable bonds is 3. The number of aromatic nitrogens is 1. The number of nitrogens with zero attached hydrogens (tertiary/aromatic N) is 2. The Labute approximate surface area is 139 Å². The van der Waals surface area contributed by atoms with Crippen LogP contribution in [0.25, 0.3) is 11.1 Å². The lowest BCUT2D eigenvalue weighted by Gasteiger charge is -2.17. The Kier molecular flexibility index (Phi) is 4.65. The van der Waals surface area contributed by atoms with Gasteiger partial charge in [0.15, 0.2) is 0 Å². The zero-order chi connectivity index (χ0) is 14.7. The van der Waals surface area contributed by atoms with Crippen LogP contribution in [0.3, 0.4) is 0 Å². The molecule has 1 aromatic heterocycles. The Bertz CT molecular complexity index is 654. The minimum Gasteiger partial charge on any atom is -0.327 e. The first kappa shape index (κ1) is 14.7. The van der Waals surface area contributed by atoms with Crippen molar-refractivity contribution in [2.45, 2.75) is 31.2 Å². The van der Waals surface area contributed by atoms with E-state index in [4.69, 9.17) is 5.73 Å². The van der Waals surface area contributed by atoms with Crippen molar-refractivity contribution in [2.24, 2.45) is 8.94 Å². The van der Waals surface area contributed by atoms with Crippen LogP contribution in [0.1, 0.15) is 36.3 Å². The van der Waals surface area contributed by atoms with Gasteiger partial charge in [0.25, 0.3) is 0 Å². The van der Waals surface area contributed by atoms with Crippen molar-refractivity contribution in [3.05, 3.63) is 53.9 Å². The van der Waals surface area contributed by atoms with E-state index in [1.165, 1.54) is 29.5 Å². The van der Waals surface area contributed by atoms with Gasteiger partial charge in [0, 0.05) is 30.2 Å². The van der Waals surface area contributed by atoms with E-state index in [0.717, 1.165) is 12.0 Å². The molecule has 0 saturated heterocycles. The van der Waals surface area contributed by atoms with Crippen LogP contribution >= 0.6 is 22.9 Å². The fourth-order valence-corrected chi connectivity index (χ4v) is 3.46. The minimum atomic E-state index is 0.299. The van der Waals surface area contributed by atoms with Gasteiger partial charge in [0.2, 0.25) is 0 Å². The molecule has 1 heterocycles. The third kappa shape index (κ3) is 3.16. The van der Waals surface area contributed by atoms with Gasteiger partial charge in [-0.15, -0.1) is 0 Å². The number of halogens is 1. The van der Waals surface area contributed by atoms with Crippen molar-refractivity contribution < 1.29 is 0 Å². The van der Waals surface area contributed by atoms with Crippen LogP contribution in [0.15, 0.2) is 45.9 Å². The second-order valence-electron chi connectivity index (χ2n) is 5.52. The molecule has 0 amide bonds. The average Bonchev–Trinajstić information content (AvgIpc) is 2.94. The molecule has 3 nitrogen and oxygen atoms in total. The predicted octanol–water partition coefficient (Wildman–Crippen LogP) is 4.11. The smallest absolute Gasteiger partial charge is 0.0831 e. The molecule has 1 aliphatic carbocycles. The summed E-state index contributed by atoms with van der Waals surface area (Å²) >= 11 is 1.99. The first-order valence-corrected chi connectivity index (χ1v) is 8.20. The zero-order valence-corrected chi connectivity index (χ0v) is 13.9. The molecule has 0 radical (unpaired) electrons. The number of hydrogen-bond donors (Lipinski definition) is 1. The molecule has 1 aliphatic rings. The van der Waals surface area contributed by atoms with Crippen molar-refractivity contribution in [2.75, 3.05) is 0 Å². The number of nitrogens with two attached hydrogens (primary N) is 1. The lowest BCUT2D eigenvalue weighted by Crippen LogP contribution is -2.22. The molecule has 1 fully saturated rings. The van der Waals surface area contributed by atoms with Crippen molar-refractivity contribution in [3.8, 4) is 11.1 Å². The van der Waals surface area contributed by atoms with Crippen molar-refractivity contribution >= 4 is 29.1 Å². The number of benzene rings is 1. The fourth-order valence-electron chi connectivity index (χ4n) is 3.16. The highest BCUT2D eigenvalue weighted by Gasteiger charge is 2.25. The maximum Gasteiger partial charge on any atom is 0.0831 e. The van der Waals surface area contributed by atoms with E-state index in [1.54, 1.807) is 0 Å². The van der Waals surface area contributed by atoms with Gasteiger partial charge in [0.05, 0.1) is 22.9 Å². The Balaban J connectivity index is 2.00. The summed E-state index contributed by atoms with van der Waals surface area (Å²) in [6.45, 7) is 0. The molecule has 0 aliphatic heterocycles.